The van der Waals surface area contributed by atoms with Gasteiger partial charge in [0.15, 0.2) is 5.60 Å². The van der Waals surface area contributed by atoms with Crippen molar-refractivity contribution in [2.24, 2.45) is 0 Å². The molecule has 0 radical (unpaired) electrons. The second-order valence-electron chi connectivity index (χ2n) is 6.98. The second-order valence-corrected chi connectivity index (χ2v) is 7.41. The van der Waals surface area contributed by atoms with E-state index in [4.69, 9.17) is 16.3 Å². The molecular formula is C21H22ClNO4. The highest BCUT2D eigenvalue weighted by molar-refractivity contribution is 6.30. The van der Waals surface area contributed by atoms with E-state index in [1.165, 1.54) is 11.8 Å². The first kappa shape index (κ1) is 19.4. The molecule has 0 saturated heterocycles. The Kier molecular flexibility index (Phi) is 5.27. The van der Waals surface area contributed by atoms with Gasteiger partial charge in [-0.25, -0.2) is 0 Å². The van der Waals surface area contributed by atoms with Gasteiger partial charge in [0, 0.05) is 17.0 Å². The van der Waals surface area contributed by atoms with Crippen molar-refractivity contribution < 1.29 is 19.4 Å². The molecule has 0 spiro atoms. The second kappa shape index (κ2) is 7.33. The van der Waals surface area contributed by atoms with Crippen molar-refractivity contribution in [1.82, 2.24) is 0 Å². The largest absolute Gasteiger partial charge is 0.492 e. The summed E-state index contributed by atoms with van der Waals surface area (Å²) >= 11 is 5.86. The summed E-state index contributed by atoms with van der Waals surface area (Å²) in [6, 6.07) is 10.7. The Bertz CT molecular complexity index is 894. The molecule has 1 atom stereocenters. The van der Waals surface area contributed by atoms with Gasteiger partial charge >= 0.3 is 0 Å². The van der Waals surface area contributed by atoms with Crippen molar-refractivity contribution in [3.8, 4) is 5.75 Å². The van der Waals surface area contributed by atoms with Crippen molar-refractivity contribution in [2.75, 3.05) is 18.1 Å². The highest BCUT2D eigenvalue weighted by Gasteiger charge is 2.50. The number of ketones is 1. The first-order chi connectivity index (χ1) is 12.7. The predicted octanol–water partition coefficient (Wildman–Crippen LogP) is 3.55. The van der Waals surface area contributed by atoms with Crippen LogP contribution in [0.15, 0.2) is 36.4 Å². The lowest BCUT2D eigenvalue weighted by atomic mass is 9.88. The number of nitrogens with zero attached hydrogens (tertiary/aromatic N) is 1. The number of ether oxygens (including phenoxy) is 1. The Hall–Kier alpha value is -2.37. The molecule has 1 amide bonds. The van der Waals surface area contributed by atoms with Crippen LogP contribution in [0.3, 0.4) is 0 Å². The van der Waals surface area contributed by atoms with Crippen molar-refractivity contribution >= 4 is 29.0 Å². The van der Waals surface area contributed by atoms with Crippen molar-refractivity contribution in [3.63, 3.8) is 0 Å². The Morgan fingerprint density at radius 3 is 2.52 bits per heavy atom. The van der Waals surface area contributed by atoms with E-state index in [0.29, 0.717) is 22.0 Å². The van der Waals surface area contributed by atoms with E-state index in [1.54, 1.807) is 30.3 Å². The van der Waals surface area contributed by atoms with Gasteiger partial charge in [0.1, 0.15) is 18.1 Å². The number of aryl methyl sites for hydroxylation is 2. The number of aliphatic hydroxyl groups is 1. The normalized spacial score (nSPS) is 18.6. The molecule has 0 saturated carbocycles. The number of Topliss-reactive ketones (excluding diaryl/α,β-unsaturated/α-hetero) is 1. The standard InChI is InChI=1S/C21H22ClNO4/c1-13-10-14(2)19-18(11-13)21(26,12-15(3)24)20(25)23(19)8-9-27-17-6-4-16(22)5-7-17/h4-7,10-11,26H,8-9,12H2,1-3H3. The number of rotatable bonds is 6. The Balaban J connectivity index is 1.86. The van der Waals surface area contributed by atoms with Gasteiger partial charge < -0.3 is 14.7 Å². The molecule has 6 heteroatoms. The number of benzene rings is 2. The molecule has 1 aliphatic heterocycles. The SMILES string of the molecule is CC(=O)CC1(O)C(=O)N(CCOc2ccc(Cl)cc2)c2c(C)cc(C)cc21. The molecule has 3 rings (SSSR count). The van der Waals surface area contributed by atoms with Crippen LogP contribution in [0.2, 0.25) is 5.02 Å². The van der Waals surface area contributed by atoms with E-state index in [9.17, 15) is 14.7 Å². The number of carbonyl (C=O) groups is 2. The number of fused-ring (bicyclic) bond motifs is 1. The third kappa shape index (κ3) is 3.70. The number of halogens is 1. The topological polar surface area (TPSA) is 66.8 Å². The molecule has 1 unspecified atom stereocenters. The molecule has 1 N–H and O–H groups in total. The van der Waals surface area contributed by atoms with Gasteiger partial charge in [-0.05, 0) is 50.6 Å². The van der Waals surface area contributed by atoms with Gasteiger partial charge in [0.25, 0.3) is 5.91 Å². The Morgan fingerprint density at radius 2 is 1.89 bits per heavy atom. The summed E-state index contributed by atoms with van der Waals surface area (Å²) in [5.41, 5.74) is 1.14. The summed E-state index contributed by atoms with van der Waals surface area (Å²) in [5, 5.41) is 11.7. The maximum absolute atomic E-state index is 13.0. The molecule has 1 heterocycles. The van der Waals surface area contributed by atoms with Crippen LogP contribution in [0.4, 0.5) is 5.69 Å². The summed E-state index contributed by atoms with van der Waals surface area (Å²) in [6.45, 7) is 5.68. The van der Waals surface area contributed by atoms with Crippen LogP contribution in [0.25, 0.3) is 0 Å². The smallest absolute Gasteiger partial charge is 0.264 e. The van der Waals surface area contributed by atoms with Crippen LogP contribution in [-0.4, -0.2) is 29.9 Å². The van der Waals surface area contributed by atoms with Crippen LogP contribution >= 0.6 is 11.6 Å². The monoisotopic (exact) mass is 387 g/mol. The maximum atomic E-state index is 13.0. The molecule has 0 aromatic heterocycles. The molecule has 142 valence electrons. The van der Waals surface area contributed by atoms with E-state index >= 15 is 0 Å². The minimum absolute atomic E-state index is 0.240. The van der Waals surface area contributed by atoms with Gasteiger partial charge in [-0.1, -0.05) is 29.3 Å². The fourth-order valence-corrected chi connectivity index (χ4v) is 3.73. The molecule has 0 aliphatic carbocycles. The third-order valence-electron chi connectivity index (χ3n) is 4.66. The van der Waals surface area contributed by atoms with Crippen LogP contribution in [0.5, 0.6) is 5.75 Å². The number of anilines is 1. The van der Waals surface area contributed by atoms with Gasteiger partial charge in [-0.15, -0.1) is 0 Å². The minimum atomic E-state index is -1.82. The van der Waals surface area contributed by atoms with Gasteiger partial charge in [0.2, 0.25) is 0 Å². The maximum Gasteiger partial charge on any atom is 0.264 e. The average Bonchev–Trinajstić information content (AvgIpc) is 2.78. The zero-order valence-electron chi connectivity index (χ0n) is 15.6. The first-order valence-electron chi connectivity index (χ1n) is 8.76. The van der Waals surface area contributed by atoms with Gasteiger partial charge in [-0.3, -0.25) is 9.59 Å². The third-order valence-corrected chi connectivity index (χ3v) is 4.91. The molecule has 0 fully saturated rings. The first-order valence-corrected chi connectivity index (χ1v) is 9.14. The summed E-state index contributed by atoms with van der Waals surface area (Å²) < 4.78 is 5.70. The molecule has 27 heavy (non-hydrogen) atoms. The molecule has 0 bridgehead atoms. The lowest BCUT2D eigenvalue weighted by Gasteiger charge is -2.22. The van der Waals surface area contributed by atoms with Crippen molar-refractivity contribution in [1.29, 1.82) is 0 Å². The molecule has 1 aliphatic rings. The lowest BCUT2D eigenvalue weighted by Crippen LogP contribution is -2.43. The van der Waals surface area contributed by atoms with E-state index in [0.717, 1.165) is 11.1 Å². The van der Waals surface area contributed by atoms with E-state index in [-0.39, 0.29) is 25.4 Å². The number of hydrogen-bond donors (Lipinski definition) is 1. The number of hydrogen-bond acceptors (Lipinski definition) is 4. The van der Waals surface area contributed by atoms with E-state index in [1.807, 2.05) is 19.9 Å². The van der Waals surface area contributed by atoms with Crippen molar-refractivity contribution in [2.45, 2.75) is 32.8 Å². The summed E-state index contributed by atoms with van der Waals surface area (Å²) in [7, 11) is 0. The van der Waals surface area contributed by atoms with Gasteiger partial charge in [0.05, 0.1) is 12.2 Å². The molecule has 2 aromatic carbocycles. The summed E-state index contributed by atoms with van der Waals surface area (Å²) in [4.78, 5) is 26.2. The minimum Gasteiger partial charge on any atom is -0.492 e. The Morgan fingerprint density at radius 1 is 1.22 bits per heavy atom. The fraction of sp³-hybridized carbons (Fsp3) is 0.333. The van der Waals surface area contributed by atoms with Crippen LogP contribution in [0.1, 0.15) is 30.0 Å². The highest BCUT2D eigenvalue weighted by atomic mass is 35.5. The Labute approximate surface area is 163 Å². The predicted molar refractivity (Wildman–Crippen MR) is 104 cm³/mol. The van der Waals surface area contributed by atoms with Crippen LogP contribution < -0.4 is 9.64 Å². The molecular weight excluding hydrogens is 366 g/mol. The average molecular weight is 388 g/mol. The van der Waals surface area contributed by atoms with Crippen LogP contribution in [-0.2, 0) is 15.2 Å². The number of amides is 1. The van der Waals surface area contributed by atoms with E-state index in [2.05, 4.69) is 0 Å². The number of carbonyl (C=O) groups excluding carboxylic acids is 2. The molecule has 5 nitrogen and oxygen atoms in total. The van der Waals surface area contributed by atoms with E-state index < -0.39 is 11.5 Å². The summed E-state index contributed by atoms with van der Waals surface area (Å²) in [6.07, 6.45) is -0.240. The highest BCUT2D eigenvalue weighted by Crippen LogP contribution is 2.44. The van der Waals surface area contributed by atoms with Crippen molar-refractivity contribution in [3.05, 3.63) is 58.1 Å². The zero-order chi connectivity index (χ0) is 19.8. The molecule has 2 aromatic rings. The van der Waals surface area contributed by atoms with Gasteiger partial charge in [-0.2, -0.15) is 0 Å². The quantitative estimate of drug-likeness (QED) is 0.823. The van der Waals surface area contributed by atoms with Crippen LogP contribution in [0, 0.1) is 13.8 Å². The zero-order valence-corrected chi connectivity index (χ0v) is 16.3. The lowest BCUT2D eigenvalue weighted by molar-refractivity contribution is -0.141. The fourth-order valence-electron chi connectivity index (χ4n) is 3.60. The summed E-state index contributed by atoms with van der Waals surface area (Å²) in [5.74, 6) is -0.0813.